The smallest absolute Gasteiger partial charge is 0.162 e. The second kappa shape index (κ2) is 4.45. The molecule has 0 saturated heterocycles. The molecule has 88 valence electrons. The number of hydrogen-bond donors (Lipinski definition) is 1. The normalized spacial score (nSPS) is 16.5. The molecular weight excluding hydrogens is 230 g/mol. The molecule has 1 aliphatic rings. The van der Waals surface area contributed by atoms with Gasteiger partial charge in [-0.25, -0.2) is 9.97 Å². The van der Waals surface area contributed by atoms with Gasteiger partial charge >= 0.3 is 0 Å². The first-order valence-corrected chi connectivity index (χ1v) is 6.94. The minimum atomic E-state index is 0.581. The first-order chi connectivity index (χ1) is 8.33. The molecule has 3 rings (SSSR count). The Morgan fingerprint density at radius 3 is 2.76 bits per heavy atom. The van der Waals surface area contributed by atoms with Crippen LogP contribution >= 0.6 is 11.3 Å². The zero-order valence-electron chi connectivity index (χ0n) is 9.60. The third kappa shape index (κ3) is 2.17. The number of nitrogen functional groups attached to an aromatic ring is 1. The zero-order valence-corrected chi connectivity index (χ0v) is 10.4. The summed E-state index contributed by atoms with van der Waals surface area (Å²) >= 11 is 1.66. The first-order valence-electron chi connectivity index (χ1n) is 6.00. The van der Waals surface area contributed by atoms with Crippen LogP contribution in [-0.4, -0.2) is 9.97 Å². The molecule has 1 fully saturated rings. The molecule has 4 heteroatoms. The highest BCUT2D eigenvalue weighted by molar-refractivity contribution is 7.08. The molecule has 2 aromatic rings. The Labute approximate surface area is 105 Å². The zero-order chi connectivity index (χ0) is 11.7. The van der Waals surface area contributed by atoms with Crippen LogP contribution in [0.3, 0.4) is 0 Å². The van der Waals surface area contributed by atoms with Crippen molar-refractivity contribution in [2.24, 2.45) is 0 Å². The molecule has 2 aromatic heterocycles. The summed E-state index contributed by atoms with van der Waals surface area (Å²) in [6.07, 6.45) is 5.09. The van der Waals surface area contributed by atoms with Crippen molar-refractivity contribution < 1.29 is 0 Å². The van der Waals surface area contributed by atoms with Gasteiger partial charge in [-0.15, -0.1) is 0 Å². The second-order valence-electron chi connectivity index (χ2n) is 4.53. The molecule has 0 radical (unpaired) electrons. The molecule has 3 nitrogen and oxygen atoms in total. The van der Waals surface area contributed by atoms with E-state index in [0.717, 1.165) is 17.1 Å². The standard InChI is InChI=1S/C13H15N3S/c14-12-7-11(9-3-1-2-4-9)15-13(16-12)10-5-6-17-8-10/h5-9H,1-4H2,(H2,14,15,16). The SMILES string of the molecule is Nc1cc(C2CCCC2)nc(-c2ccsc2)n1. The summed E-state index contributed by atoms with van der Waals surface area (Å²) in [5.74, 6) is 1.94. The van der Waals surface area contributed by atoms with E-state index in [1.807, 2.05) is 17.5 Å². The lowest BCUT2D eigenvalue weighted by atomic mass is 10.0. The summed E-state index contributed by atoms with van der Waals surface area (Å²) in [4.78, 5) is 8.99. The van der Waals surface area contributed by atoms with Crippen LogP contribution in [0, 0.1) is 0 Å². The highest BCUT2D eigenvalue weighted by Gasteiger charge is 2.19. The lowest BCUT2D eigenvalue weighted by molar-refractivity contribution is 0.696. The van der Waals surface area contributed by atoms with Gasteiger partial charge in [0.2, 0.25) is 0 Å². The third-order valence-corrected chi connectivity index (χ3v) is 4.00. The van der Waals surface area contributed by atoms with E-state index in [0.29, 0.717) is 11.7 Å². The fourth-order valence-corrected chi connectivity index (χ4v) is 3.07. The van der Waals surface area contributed by atoms with Crippen LogP contribution in [0.4, 0.5) is 5.82 Å². The minimum Gasteiger partial charge on any atom is -0.384 e. The molecule has 0 unspecified atom stereocenters. The van der Waals surface area contributed by atoms with Crippen LogP contribution in [0.15, 0.2) is 22.9 Å². The molecule has 0 bridgehead atoms. The molecule has 0 aliphatic heterocycles. The largest absolute Gasteiger partial charge is 0.384 e. The minimum absolute atomic E-state index is 0.581. The van der Waals surface area contributed by atoms with Crippen molar-refractivity contribution in [3.8, 4) is 11.4 Å². The van der Waals surface area contributed by atoms with Gasteiger partial charge in [0.05, 0.1) is 0 Å². The van der Waals surface area contributed by atoms with Crippen LogP contribution in [0.5, 0.6) is 0 Å². The van der Waals surface area contributed by atoms with Crippen molar-refractivity contribution in [3.63, 3.8) is 0 Å². The van der Waals surface area contributed by atoms with Crippen LogP contribution in [0.25, 0.3) is 11.4 Å². The van der Waals surface area contributed by atoms with Gasteiger partial charge in [-0.2, -0.15) is 11.3 Å². The van der Waals surface area contributed by atoms with Gasteiger partial charge in [-0.1, -0.05) is 12.8 Å². The number of hydrogen-bond acceptors (Lipinski definition) is 4. The number of thiophene rings is 1. The van der Waals surface area contributed by atoms with E-state index in [1.165, 1.54) is 25.7 Å². The maximum atomic E-state index is 5.89. The summed E-state index contributed by atoms with van der Waals surface area (Å²) in [6.45, 7) is 0. The van der Waals surface area contributed by atoms with Gasteiger partial charge in [0.25, 0.3) is 0 Å². The molecule has 17 heavy (non-hydrogen) atoms. The first kappa shape index (κ1) is 10.7. The van der Waals surface area contributed by atoms with Crippen LogP contribution in [-0.2, 0) is 0 Å². The van der Waals surface area contributed by atoms with Gasteiger partial charge < -0.3 is 5.73 Å². The van der Waals surface area contributed by atoms with Crippen molar-refractivity contribution in [2.75, 3.05) is 5.73 Å². The number of nitrogens with zero attached hydrogens (tertiary/aromatic N) is 2. The second-order valence-corrected chi connectivity index (χ2v) is 5.31. The van der Waals surface area contributed by atoms with E-state index < -0.39 is 0 Å². The Morgan fingerprint density at radius 1 is 1.24 bits per heavy atom. The predicted octanol–water partition coefficient (Wildman–Crippen LogP) is 3.44. The molecule has 0 amide bonds. The Morgan fingerprint density at radius 2 is 2.06 bits per heavy atom. The molecule has 0 spiro atoms. The fraction of sp³-hybridized carbons (Fsp3) is 0.385. The van der Waals surface area contributed by atoms with E-state index in [-0.39, 0.29) is 0 Å². The average molecular weight is 245 g/mol. The monoisotopic (exact) mass is 245 g/mol. The fourth-order valence-electron chi connectivity index (χ4n) is 2.44. The molecule has 1 aliphatic carbocycles. The lowest BCUT2D eigenvalue weighted by Gasteiger charge is -2.10. The van der Waals surface area contributed by atoms with Crippen LogP contribution in [0.2, 0.25) is 0 Å². The van der Waals surface area contributed by atoms with Crippen molar-refractivity contribution >= 4 is 17.2 Å². The quantitative estimate of drug-likeness (QED) is 0.881. The molecule has 2 N–H and O–H groups in total. The Hall–Kier alpha value is -1.42. The summed E-state index contributed by atoms with van der Waals surface area (Å²) in [5, 5.41) is 4.10. The van der Waals surface area contributed by atoms with Crippen LogP contribution < -0.4 is 5.73 Å². The molecule has 0 aromatic carbocycles. The third-order valence-electron chi connectivity index (χ3n) is 3.32. The van der Waals surface area contributed by atoms with Gasteiger partial charge in [0, 0.05) is 28.6 Å². The summed E-state index contributed by atoms with van der Waals surface area (Å²) in [7, 11) is 0. The Bertz CT molecular complexity index is 501. The van der Waals surface area contributed by atoms with E-state index in [1.54, 1.807) is 11.3 Å². The maximum absolute atomic E-state index is 5.89. The summed E-state index contributed by atoms with van der Waals surface area (Å²) in [5.41, 5.74) is 8.08. The Kier molecular flexibility index (Phi) is 2.81. The summed E-state index contributed by atoms with van der Waals surface area (Å²) in [6, 6.07) is 3.98. The molecular formula is C13H15N3S. The highest BCUT2D eigenvalue weighted by atomic mass is 32.1. The van der Waals surface area contributed by atoms with E-state index >= 15 is 0 Å². The van der Waals surface area contributed by atoms with Crippen LogP contribution in [0.1, 0.15) is 37.3 Å². The number of aromatic nitrogens is 2. The van der Waals surface area contributed by atoms with Crippen molar-refractivity contribution in [1.82, 2.24) is 9.97 Å². The van der Waals surface area contributed by atoms with Gasteiger partial charge in [-0.3, -0.25) is 0 Å². The van der Waals surface area contributed by atoms with E-state index in [9.17, 15) is 0 Å². The van der Waals surface area contributed by atoms with E-state index in [4.69, 9.17) is 5.73 Å². The van der Waals surface area contributed by atoms with Crippen molar-refractivity contribution in [1.29, 1.82) is 0 Å². The highest BCUT2D eigenvalue weighted by Crippen LogP contribution is 2.34. The van der Waals surface area contributed by atoms with Crippen molar-refractivity contribution in [3.05, 3.63) is 28.6 Å². The average Bonchev–Trinajstić information content (AvgIpc) is 3.02. The molecule has 2 heterocycles. The molecule has 1 saturated carbocycles. The van der Waals surface area contributed by atoms with Gasteiger partial charge in [-0.05, 0) is 24.3 Å². The number of anilines is 1. The van der Waals surface area contributed by atoms with E-state index in [2.05, 4.69) is 15.3 Å². The maximum Gasteiger partial charge on any atom is 0.162 e. The predicted molar refractivity (Wildman–Crippen MR) is 71.0 cm³/mol. The Balaban J connectivity index is 2.00. The molecule has 0 atom stereocenters. The summed E-state index contributed by atoms with van der Waals surface area (Å²) < 4.78 is 0. The lowest BCUT2D eigenvalue weighted by Crippen LogP contribution is -2.03. The number of rotatable bonds is 2. The van der Waals surface area contributed by atoms with Gasteiger partial charge in [0.15, 0.2) is 5.82 Å². The van der Waals surface area contributed by atoms with Gasteiger partial charge in [0.1, 0.15) is 5.82 Å². The van der Waals surface area contributed by atoms with Crippen molar-refractivity contribution in [2.45, 2.75) is 31.6 Å². The topological polar surface area (TPSA) is 51.8 Å². The number of nitrogens with two attached hydrogens (primary N) is 1.